The average Bonchev–Trinajstić information content (AvgIpc) is 2.74. The molecule has 8 heteroatoms. The topological polar surface area (TPSA) is 79.5 Å². The maximum absolute atomic E-state index is 12.3. The molecule has 3 aromatic rings. The lowest BCUT2D eigenvalue weighted by Gasteiger charge is -2.12. The molecule has 6 nitrogen and oxygen atoms in total. The standard InChI is InChI=1S/C23H20ClN3O3S/c1-15-5-2-3-8-20(15)30-14-21(28)27-23(31)26-19-11-9-18(10-12-19)25-22(29)16-6-4-7-17(24)13-16/h2-13H,14H2,1H3,(H,25,29)(H2,26,27,28,31). The minimum Gasteiger partial charge on any atom is -0.483 e. The molecule has 0 aromatic heterocycles. The molecule has 0 radical (unpaired) electrons. The first-order valence-corrected chi connectivity index (χ1v) is 10.2. The van der Waals surface area contributed by atoms with E-state index in [0.29, 0.717) is 27.7 Å². The molecule has 3 aromatic carbocycles. The number of amides is 2. The molecule has 3 N–H and O–H groups in total. The first kappa shape index (κ1) is 22.3. The van der Waals surface area contributed by atoms with Gasteiger partial charge >= 0.3 is 0 Å². The minimum atomic E-state index is -0.369. The van der Waals surface area contributed by atoms with Gasteiger partial charge in [-0.2, -0.15) is 0 Å². The smallest absolute Gasteiger partial charge is 0.264 e. The lowest BCUT2D eigenvalue weighted by molar-refractivity contribution is -0.121. The van der Waals surface area contributed by atoms with E-state index in [1.54, 1.807) is 54.6 Å². The molecule has 0 bridgehead atoms. The van der Waals surface area contributed by atoms with E-state index in [4.69, 9.17) is 28.6 Å². The molecule has 0 unspecified atom stereocenters. The van der Waals surface area contributed by atoms with Crippen molar-refractivity contribution in [2.75, 3.05) is 17.2 Å². The number of hydrogen-bond acceptors (Lipinski definition) is 4. The number of benzene rings is 3. The monoisotopic (exact) mass is 453 g/mol. The van der Waals surface area contributed by atoms with Crippen LogP contribution in [0, 0.1) is 6.92 Å². The second kappa shape index (κ2) is 10.6. The molecule has 0 fully saturated rings. The Bertz CT molecular complexity index is 1100. The second-order valence-electron chi connectivity index (χ2n) is 6.60. The number of hydrogen-bond donors (Lipinski definition) is 3. The summed E-state index contributed by atoms with van der Waals surface area (Å²) in [5, 5.41) is 8.91. The van der Waals surface area contributed by atoms with Crippen LogP contribution in [0.5, 0.6) is 5.75 Å². The van der Waals surface area contributed by atoms with Crippen LogP contribution in [0.4, 0.5) is 11.4 Å². The number of aryl methyl sites for hydroxylation is 1. The highest BCUT2D eigenvalue weighted by Crippen LogP contribution is 2.17. The predicted octanol–water partition coefficient (Wildman–Crippen LogP) is 4.79. The Balaban J connectivity index is 1.47. The third-order valence-corrected chi connectivity index (χ3v) is 4.63. The summed E-state index contributed by atoms with van der Waals surface area (Å²) in [7, 11) is 0. The molecule has 0 spiro atoms. The lowest BCUT2D eigenvalue weighted by atomic mass is 10.2. The number of thiocarbonyl (C=S) groups is 1. The Kier molecular flexibility index (Phi) is 7.59. The number of ether oxygens (including phenoxy) is 1. The third-order valence-electron chi connectivity index (χ3n) is 4.19. The number of nitrogens with one attached hydrogen (secondary N) is 3. The molecule has 0 saturated carbocycles. The highest BCUT2D eigenvalue weighted by atomic mass is 35.5. The summed E-state index contributed by atoms with van der Waals surface area (Å²) in [4.78, 5) is 24.3. The summed E-state index contributed by atoms with van der Waals surface area (Å²) in [6, 6.07) is 21.0. The highest BCUT2D eigenvalue weighted by Gasteiger charge is 2.09. The average molecular weight is 454 g/mol. The van der Waals surface area contributed by atoms with Crippen molar-refractivity contribution in [1.82, 2.24) is 5.32 Å². The van der Waals surface area contributed by atoms with Gasteiger partial charge in [-0.1, -0.05) is 35.9 Å². The Hall–Kier alpha value is -3.42. The van der Waals surface area contributed by atoms with Crippen LogP contribution in [0.25, 0.3) is 0 Å². The normalized spacial score (nSPS) is 10.1. The number of carbonyl (C=O) groups excluding carboxylic acids is 2. The fraction of sp³-hybridized carbons (Fsp3) is 0.0870. The van der Waals surface area contributed by atoms with E-state index in [1.165, 1.54) is 0 Å². The molecule has 0 aliphatic heterocycles. The van der Waals surface area contributed by atoms with Crippen LogP contribution in [0.15, 0.2) is 72.8 Å². The summed E-state index contributed by atoms with van der Waals surface area (Å²) in [5.74, 6) is 0.0118. The molecule has 2 amide bonds. The summed E-state index contributed by atoms with van der Waals surface area (Å²) in [6.45, 7) is 1.75. The van der Waals surface area contributed by atoms with Gasteiger partial charge in [0.2, 0.25) is 0 Å². The lowest BCUT2D eigenvalue weighted by Crippen LogP contribution is -2.37. The van der Waals surface area contributed by atoms with E-state index in [2.05, 4.69) is 16.0 Å². The van der Waals surface area contributed by atoms with E-state index in [9.17, 15) is 9.59 Å². The van der Waals surface area contributed by atoms with Crippen molar-refractivity contribution in [2.45, 2.75) is 6.92 Å². The number of anilines is 2. The Morgan fingerprint density at radius 2 is 1.61 bits per heavy atom. The summed E-state index contributed by atoms with van der Waals surface area (Å²) in [5.41, 5.74) is 2.67. The molecule has 31 heavy (non-hydrogen) atoms. The molecule has 158 valence electrons. The molecule has 0 saturated heterocycles. The van der Waals surface area contributed by atoms with Gasteiger partial charge < -0.3 is 15.4 Å². The van der Waals surface area contributed by atoms with Crippen LogP contribution in [0.1, 0.15) is 15.9 Å². The molecular weight excluding hydrogens is 434 g/mol. The molecule has 0 aliphatic rings. The molecule has 0 atom stereocenters. The molecular formula is C23H20ClN3O3S. The highest BCUT2D eigenvalue weighted by molar-refractivity contribution is 7.80. The first-order valence-electron chi connectivity index (χ1n) is 9.37. The van der Waals surface area contributed by atoms with E-state index in [1.807, 2.05) is 25.1 Å². The van der Waals surface area contributed by atoms with Gasteiger partial charge in [0, 0.05) is 22.0 Å². The predicted molar refractivity (Wildman–Crippen MR) is 127 cm³/mol. The quantitative estimate of drug-likeness (QED) is 0.467. The van der Waals surface area contributed by atoms with E-state index in [-0.39, 0.29) is 23.5 Å². The van der Waals surface area contributed by atoms with Crippen molar-refractivity contribution in [3.8, 4) is 5.75 Å². The van der Waals surface area contributed by atoms with Gasteiger partial charge in [0.05, 0.1) is 0 Å². The van der Waals surface area contributed by atoms with Crippen molar-refractivity contribution in [3.05, 3.63) is 88.9 Å². The van der Waals surface area contributed by atoms with Crippen molar-refractivity contribution in [2.24, 2.45) is 0 Å². The van der Waals surface area contributed by atoms with Crippen LogP contribution in [-0.4, -0.2) is 23.5 Å². The maximum Gasteiger partial charge on any atom is 0.264 e. The fourth-order valence-electron chi connectivity index (χ4n) is 2.66. The van der Waals surface area contributed by atoms with Crippen LogP contribution in [-0.2, 0) is 4.79 Å². The van der Waals surface area contributed by atoms with Crippen molar-refractivity contribution < 1.29 is 14.3 Å². The van der Waals surface area contributed by atoms with Gasteiger partial charge in [0.1, 0.15) is 5.75 Å². The number of para-hydroxylation sites is 1. The zero-order valence-corrected chi connectivity index (χ0v) is 18.2. The molecule has 3 rings (SSSR count). The SMILES string of the molecule is Cc1ccccc1OCC(=O)NC(=S)Nc1ccc(NC(=O)c2cccc(Cl)c2)cc1. The van der Waals surface area contributed by atoms with Crippen LogP contribution in [0.3, 0.4) is 0 Å². The number of carbonyl (C=O) groups is 2. The fourth-order valence-corrected chi connectivity index (χ4v) is 3.08. The largest absolute Gasteiger partial charge is 0.483 e. The molecule has 0 aliphatic carbocycles. The number of halogens is 1. The Morgan fingerprint density at radius 3 is 2.29 bits per heavy atom. The zero-order valence-electron chi connectivity index (χ0n) is 16.6. The maximum atomic E-state index is 12.3. The van der Waals surface area contributed by atoms with Gasteiger partial charge in [-0.05, 0) is 73.2 Å². The van der Waals surface area contributed by atoms with Gasteiger partial charge in [-0.25, -0.2) is 0 Å². The van der Waals surface area contributed by atoms with Gasteiger partial charge in [0.25, 0.3) is 11.8 Å². The van der Waals surface area contributed by atoms with E-state index >= 15 is 0 Å². The van der Waals surface area contributed by atoms with Crippen LogP contribution in [0.2, 0.25) is 5.02 Å². The minimum absolute atomic E-state index is 0.147. The van der Waals surface area contributed by atoms with E-state index in [0.717, 1.165) is 5.56 Å². The summed E-state index contributed by atoms with van der Waals surface area (Å²) in [6.07, 6.45) is 0. The van der Waals surface area contributed by atoms with Crippen molar-refractivity contribution in [3.63, 3.8) is 0 Å². The second-order valence-corrected chi connectivity index (χ2v) is 7.44. The Labute approximate surface area is 190 Å². The van der Waals surface area contributed by atoms with Gasteiger partial charge in [0.15, 0.2) is 11.7 Å². The third kappa shape index (κ3) is 6.80. The van der Waals surface area contributed by atoms with Crippen LogP contribution >= 0.6 is 23.8 Å². The van der Waals surface area contributed by atoms with Crippen LogP contribution < -0.4 is 20.7 Å². The van der Waals surface area contributed by atoms with E-state index < -0.39 is 0 Å². The summed E-state index contributed by atoms with van der Waals surface area (Å²) < 4.78 is 5.50. The molecule has 0 heterocycles. The van der Waals surface area contributed by atoms with Crippen molar-refractivity contribution in [1.29, 1.82) is 0 Å². The zero-order chi connectivity index (χ0) is 22.2. The first-order chi connectivity index (χ1) is 14.9. The summed E-state index contributed by atoms with van der Waals surface area (Å²) >= 11 is 11.1. The van der Waals surface area contributed by atoms with Gasteiger partial charge in [-0.3, -0.25) is 14.9 Å². The van der Waals surface area contributed by atoms with Gasteiger partial charge in [-0.15, -0.1) is 0 Å². The number of rotatable bonds is 6. The Morgan fingerprint density at radius 1 is 0.935 bits per heavy atom. The van der Waals surface area contributed by atoms with Crippen molar-refractivity contribution >= 4 is 52.1 Å².